The van der Waals surface area contributed by atoms with Crippen molar-refractivity contribution in [3.63, 3.8) is 0 Å². The maximum absolute atomic E-state index is 14.7. The summed E-state index contributed by atoms with van der Waals surface area (Å²) in [5.41, 5.74) is 5.54. The number of rotatable bonds is 7. The largest absolute Gasteiger partial charge is 0.351 e. The van der Waals surface area contributed by atoms with Gasteiger partial charge in [-0.05, 0) is 43.4 Å². The second-order valence-electron chi connectivity index (χ2n) is 8.18. The third-order valence-electron chi connectivity index (χ3n) is 5.96. The summed E-state index contributed by atoms with van der Waals surface area (Å²) >= 11 is 0. The predicted octanol–water partition coefficient (Wildman–Crippen LogP) is 1.68. The fourth-order valence-corrected chi connectivity index (χ4v) is 3.99. The number of likely N-dealkylation sites (tertiary alicyclic amines) is 1. The summed E-state index contributed by atoms with van der Waals surface area (Å²) < 4.78 is 16.1. The molecule has 1 saturated carbocycles. The number of anilines is 1. The molecule has 2 fully saturated rings. The summed E-state index contributed by atoms with van der Waals surface area (Å²) in [5.74, 6) is -1.39. The molecule has 1 aromatic carbocycles. The average molecular weight is 427 g/mol. The fraction of sp³-hybridized carbons (Fsp3) is 0.409. The van der Waals surface area contributed by atoms with Crippen molar-refractivity contribution in [1.82, 2.24) is 14.8 Å². The van der Waals surface area contributed by atoms with E-state index >= 15 is 0 Å². The number of hydrogen-bond acceptors (Lipinski definition) is 4. The first-order valence-electron chi connectivity index (χ1n) is 10.5. The highest BCUT2D eigenvalue weighted by Gasteiger charge is 2.36. The number of nitrogens with one attached hydrogen (secondary N) is 2. The van der Waals surface area contributed by atoms with Crippen LogP contribution in [-0.2, 0) is 4.79 Å². The van der Waals surface area contributed by atoms with Crippen LogP contribution in [0.4, 0.5) is 14.9 Å². The van der Waals surface area contributed by atoms with Crippen LogP contribution in [0.2, 0.25) is 0 Å². The van der Waals surface area contributed by atoms with E-state index in [-0.39, 0.29) is 23.1 Å². The van der Waals surface area contributed by atoms with Crippen LogP contribution < -0.4 is 21.9 Å². The van der Waals surface area contributed by atoms with Crippen LogP contribution in [0.5, 0.6) is 0 Å². The molecule has 4 N–H and O–H groups in total. The molecule has 2 heterocycles. The molecule has 1 saturated heterocycles. The molecule has 1 unspecified atom stereocenters. The Morgan fingerprint density at radius 3 is 2.65 bits per heavy atom. The summed E-state index contributed by atoms with van der Waals surface area (Å²) in [6.45, 7) is 1.40. The van der Waals surface area contributed by atoms with Crippen LogP contribution in [0.3, 0.4) is 0 Å². The van der Waals surface area contributed by atoms with E-state index in [1.807, 2.05) is 0 Å². The summed E-state index contributed by atoms with van der Waals surface area (Å²) in [6, 6.07) is 8.88. The first-order chi connectivity index (χ1) is 14.9. The molecule has 2 aliphatic rings. The first-order valence-corrected chi connectivity index (χ1v) is 10.5. The summed E-state index contributed by atoms with van der Waals surface area (Å²) in [5, 5.41) is 6.06. The number of halogens is 1. The standard InChI is InChI=1S/C22H26FN5O3/c23-18-11-16(28-9-2-1-3-20(28)29)6-7-19(18)26-21(30)17(12-25-15-4-5-15)14-8-10-27(13-14)22(24)31/h1-3,6-7,9,11,14-15,17,25H,4-5,8,10,12-13H2,(H2,24,31)(H,26,30)/t14-,17?/m1/s1. The van der Waals surface area contributed by atoms with Crippen LogP contribution >= 0.6 is 0 Å². The highest BCUT2D eigenvalue weighted by atomic mass is 19.1. The lowest BCUT2D eigenvalue weighted by atomic mass is 9.90. The lowest BCUT2D eigenvalue weighted by Crippen LogP contribution is -2.40. The van der Waals surface area contributed by atoms with Gasteiger partial charge in [0.2, 0.25) is 5.91 Å². The zero-order valence-corrected chi connectivity index (χ0v) is 17.1. The summed E-state index contributed by atoms with van der Waals surface area (Å²) in [4.78, 5) is 38.0. The summed E-state index contributed by atoms with van der Waals surface area (Å²) in [7, 11) is 0. The number of aromatic nitrogens is 1. The predicted molar refractivity (Wildman–Crippen MR) is 114 cm³/mol. The van der Waals surface area contributed by atoms with Gasteiger partial charge in [-0.2, -0.15) is 0 Å². The Kier molecular flexibility index (Phi) is 6.03. The van der Waals surface area contributed by atoms with Gasteiger partial charge in [0, 0.05) is 44.0 Å². The van der Waals surface area contributed by atoms with Gasteiger partial charge in [-0.15, -0.1) is 0 Å². The topological polar surface area (TPSA) is 109 Å². The van der Waals surface area contributed by atoms with Crippen molar-refractivity contribution in [2.24, 2.45) is 17.6 Å². The molecule has 1 aliphatic heterocycles. The molecule has 8 nitrogen and oxygen atoms in total. The Morgan fingerprint density at radius 2 is 2.00 bits per heavy atom. The smallest absolute Gasteiger partial charge is 0.314 e. The monoisotopic (exact) mass is 427 g/mol. The number of carbonyl (C=O) groups excluding carboxylic acids is 2. The molecule has 4 rings (SSSR count). The minimum absolute atomic E-state index is 0.0519. The van der Waals surface area contributed by atoms with Crippen molar-refractivity contribution in [3.05, 3.63) is 58.8 Å². The number of carbonyl (C=O) groups is 2. The van der Waals surface area contributed by atoms with E-state index in [0.717, 1.165) is 12.8 Å². The number of hydrogen-bond donors (Lipinski definition) is 3. The lowest BCUT2D eigenvalue weighted by Gasteiger charge is -2.24. The van der Waals surface area contributed by atoms with Gasteiger partial charge in [0.05, 0.1) is 17.3 Å². The second kappa shape index (κ2) is 8.89. The Labute approximate surface area is 179 Å². The molecule has 3 amide bonds. The summed E-state index contributed by atoms with van der Waals surface area (Å²) in [6.07, 6.45) is 4.40. The third-order valence-corrected chi connectivity index (χ3v) is 5.96. The number of pyridine rings is 1. The molecule has 2 atom stereocenters. The first kappa shape index (κ1) is 21.0. The van der Waals surface area contributed by atoms with Crippen molar-refractivity contribution in [2.45, 2.75) is 25.3 Å². The molecule has 1 aromatic heterocycles. The number of nitrogens with zero attached hydrogens (tertiary/aromatic N) is 2. The lowest BCUT2D eigenvalue weighted by molar-refractivity contribution is -0.121. The zero-order chi connectivity index (χ0) is 22.0. The van der Waals surface area contributed by atoms with E-state index in [1.54, 1.807) is 24.4 Å². The van der Waals surface area contributed by atoms with Gasteiger partial charge in [0.15, 0.2) is 0 Å². The van der Waals surface area contributed by atoms with Crippen LogP contribution in [0.15, 0.2) is 47.4 Å². The SMILES string of the molecule is NC(=O)N1CC[C@@H](C(CNC2CC2)C(=O)Nc2ccc(-n3ccccc3=O)cc2F)C1. The quantitative estimate of drug-likeness (QED) is 0.625. The van der Waals surface area contributed by atoms with Crippen molar-refractivity contribution < 1.29 is 14.0 Å². The Hall–Kier alpha value is -3.20. The molecule has 0 radical (unpaired) electrons. The van der Waals surface area contributed by atoms with E-state index in [4.69, 9.17) is 5.73 Å². The molecular formula is C22H26FN5O3. The van der Waals surface area contributed by atoms with Gasteiger partial charge in [0.25, 0.3) is 5.56 Å². The van der Waals surface area contributed by atoms with Crippen molar-refractivity contribution in [1.29, 1.82) is 0 Å². The van der Waals surface area contributed by atoms with Gasteiger partial charge in [-0.3, -0.25) is 14.2 Å². The van der Waals surface area contributed by atoms with Crippen molar-refractivity contribution in [3.8, 4) is 5.69 Å². The molecule has 164 valence electrons. The molecule has 1 aliphatic carbocycles. The molecule has 0 spiro atoms. The Bertz CT molecular complexity index is 1040. The van der Waals surface area contributed by atoms with Crippen molar-refractivity contribution in [2.75, 3.05) is 25.0 Å². The van der Waals surface area contributed by atoms with Crippen LogP contribution in [0.1, 0.15) is 19.3 Å². The van der Waals surface area contributed by atoms with E-state index in [1.165, 1.54) is 27.7 Å². The molecule has 0 bridgehead atoms. The van der Waals surface area contributed by atoms with Gasteiger partial charge in [0.1, 0.15) is 5.82 Å². The maximum atomic E-state index is 14.7. The van der Waals surface area contributed by atoms with E-state index in [9.17, 15) is 18.8 Å². The van der Waals surface area contributed by atoms with E-state index < -0.39 is 17.8 Å². The molecule has 2 aromatic rings. The minimum atomic E-state index is -0.624. The number of urea groups is 1. The Balaban J connectivity index is 1.49. The molecule has 9 heteroatoms. The van der Waals surface area contributed by atoms with Crippen LogP contribution in [0.25, 0.3) is 5.69 Å². The minimum Gasteiger partial charge on any atom is -0.351 e. The van der Waals surface area contributed by atoms with E-state index in [0.29, 0.717) is 37.8 Å². The number of benzene rings is 1. The normalized spacial score (nSPS) is 19.3. The molecular weight excluding hydrogens is 401 g/mol. The highest BCUT2D eigenvalue weighted by molar-refractivity contribution is 5.93. The highest BCUT2D eigenvalue weighted by Crippen LogP contribution is 2.28. The van der Waals surface area contributed by atoms with Gasteiger partial charge >= 0.3 is 6.03 Å². The van der Waals surface area contributed by atoms with Crippen LogP contribution in [-0.4, -0.2) is 47.1 Å². The van der Waals surface area contributed by atoms with Crippen molar-refractivity contribution >= 4 is 17.6 Å². The van der Waals surface area contributed by atoms with E-state index in [2.05, 4.69) is 10.6 Å². The Morgan fingerprint density at radius 1 is 1.19 bits per heavy atom. The number of nitrogens with two attached hydrogens (primary N) is 1. The number of primary amides is 1. The fourth-order valence-electron chi connectivity index (χ4n) is 3.99. The maximum Gasteiger partial charge on any atom is 0.314 e. The van der Waals surface area contributed by atoms with Gasteiger partial charge in [-0.25, -0.2) is 9.18 Å². The molecule has 31 heavy (non-hydrogen) atoms. The zero-order valence-electron chi connectivity index (χ0n) is 17.1. The second-order valence-corrected chi connectivity index (χ2v) is 8.18. The van der Waals surface area contributed by atoms with Gasteiger partial charge in [-0.1, -0.05) is 6.07 Å². The van der Waals surface area contributed by atoms with Crippen LogP contribution in [0, 0.1) is 17.7 Å². The third kappa shape index (κ3) is 4.93. The van der Waals surface area contributed by atoms with Gasteiger partial charge < -0.3 is 21.3 Å². The average Bonchev–Trinajstić information content (AvgIpc) is 3.44. The number of amides is 3.